The molecule has 3 aromatic rings. The van der Waals surface area contributed by atoms with E-state index < -0.39 is 5.79 Å². The summed E-state index contributed by atoms with van der Waals surface area (Å²) in [7, 11) is 0. The van der Waals surface area contributed by atoms with Gasteiger partial charge < -0.3 is 19.8 Å². The van der Waals surface area contributed by atoms with Gasteiger partial charge >= 0.3 is 0 Å². The molecule has 134 valence electrons. The number of benzene rings is 1. The highest BCUT2D eigenvalue weighted by molar-refractivity contribution is 6.30. The van der Waals surface area contributed by atoms with E-state index in [-0.39, 0.29) is 12.5 Å². The number of nitrogens with one attached hydrogen (secondary N) is 2. The molecule has 1 amide bonds. The first-order valence-corrected chi connectivity index (χ1v) is 8.78. The Morgan fingerprint density at radius 3 is 2.65 bits per heavy atom. The Morgan fingerprint density at radius 2 is 1.92 bits per heavy atom. The van der Waals surface area contributed by atoms with Gasteiger partial charge in [-0.25, -0.2) is 4.98 Å². The molecule has 26 heavy (non-hydrogen) atoms. The summed E-state index contributed by atoms with van der Waals surface area (Å²) in [5, 5.41) is 4.67. The van der Waals surface area contributed by atoms with Crippen LogP contribution < -0.4 is 5.32 Å². The summed E-state index contributed by atoms with van der Waals surface area (Å²) in [6, 6.07) is 10.6. The zero-order valence-corrected chi connectivity index (χ0v) is 15.1. The quantitative estimate of drug-likeness (QED) is 0.667. The maximum Gasteiger partial charge on any atom is 0.267 e. The van der Waals surface area contributed by atoms with Gasteiger partial charge in [0.1, 0.15) is 10.8 Å². The fourth-order valence-electron chi connectivity index (χ4n) is 2.95. The van der Waals surface area contributed by atoms with Crippen LogP contribution in [0.5, 0.6) is 0 Å². The summed E-state index contributed by atoms with van der Waals surface area (Å²) in [5.41, 5.74) is 1.95. The van der Waals surface area contributed by atoms with Gasteiger partial charge in [-0.15, -0.1) is 0 Å². The summed E-state index contributed by atoms with van der Waals surface area (Å²) in [6.45, 7) is 1.08. The lowest BCUT2D eigenvalue weighted by Gasteiger charge is -2.28. The summed E-state index contributed by atoms with van der Waals surface area (Å²) >= 11 is 11.8. The summed E-state index contributed by atoms with van der Waals surface area (Å²) in [5.74, 6) is -1.29. The van der Waals surface area contributed by atoms with E-state index in [1.807, 2.05) is 12.1 Å². The molecule has 0 spiro atoms. The smallest absolute Gasteiger partial charge is 0.267 e. The Morgan fingerprint density at radius 1 is 1.19 bits per heavy atom. The van der Waals surface area contributed by atoms with E-state index >= 15 is 0 Å². The van der Waals surface area contributed by atoms with Crippen LogP contribution >= 0.6 is 23.2 Å². The summed E-state index contributed by atoms with van der Waals surface area (Å²) in [6.07, 6.45) is 1.59. The summed E-state index contributed by atoms with van der Waals surface area (Å²) < 4.78 is 11.6. The van der Waals surface area contributed by atoms with Crippen molar-refractivity contribution in [1.82, 2.24) is 15.3 Å². The molecule has 0 unspecified atom stereocenters. The van der Waals surface area contributed by atoms with E-state index in [4.69, 9.17) is 32.7 Å². The fraction of sp³-hybridized carbons (Fsp3) is 0.222. The molecule has 3 heterocycles. The minimum absolute atomic E-state index is 0.168. The molecule has 0 bridgehead atoms. The van der Waals surface area contributed by atoms with Gasteiger partial charge in [0, 0.05) is 16.0 Å². The van der Waals surface area contributed by atoms with Crippen LogP contribution in [0.3, 0.4) is 0 Å². The van der Waals surface area contributed by atoms with Crippen molar-refractivity contribution in [3.05, 3.63) is 64.0 Å². The van der Waals surface area contributed by atoms with E-state index in [9.17, 15) is 4.79 Å². The van der Waals surface area contributed by atoms with Crippen LogP contribution in [0.15, 0.2) is 42.6 Å². The van der Waals surface area contributed by atoms with E-state index in [0.717, 1.165) is 16.5 Å². The number of hydrogen-bond acceptors (Lipinski definition) is 4. The predicted molar refractivity (Wildman–Crippen MR) is 98.5 cm³/mol. The van der Waals surface area contributed by atoms with E-state index in [0.29, 0.717) is 29.1 Å². The number of amides is 1. The Bertz CT molecular complexity index is 950. The molecule has 4 rings (SSSR count). The molecular formula is C18H15Cl2N3O3. The van der Waals surface area contributed by atoms with Crippen molar-refractivity contribution in [2.24, 2.45) is 0 Å². The minimum atomic E-state index is -1.02. The number of fused-ring (bicyclic) bond motifs is 1. The van der Waals surface area contributed by atoms with Crippen molar-refractivity contribution in [1.29, 1.82) is 0 Å². The monoisotopic (exact) mass is 391 g/mol. The van der Waals surface area contributed by atoms with Crippen LogP contribution in [-0.2, 0) is 15.3 Å². The fourth-order valence-corrected chi connectivity index (χ4v) is 3.24. The third-order valence-electron chi connectivity index (χ3n) is 4.24. The Hall–Kier alpha value is -2.12. The number of ether oxygens (including phenoxy) is 2. The molecule has 1 aliphatic rings. The molecule has 0 radical (unpaired) electrons. The number of hydrogen-bond donors (Lipinski definition) is 2. The lowest BCUT2D eigenvalue weighted by molar-refractivity contribution is -0.160. The van der Waals surface area contributed by atoms with Crippen molar-refractivity contribution in [2.45, 2.75) is 5.79 Å². The number of aromatic amines is 1. The molecule has 2 aromatic heterocycles. The van der Waals surface area contributed by atoms with Crippen LogP contribution in [0.2, 0.25) is 10.2 Å². The topological polar surface area (TPSA) is 76.2 Å². The third kappa shape index (κ3) is 3.29. The Kier molecular flexibility index (Phi) is 4.58. The van der Waals surface area contributed by atoms with Gasteiger partial charge in [0.05, 0.1) is 31.5 Å². The molecular weight excluding hydrogens is 377 g/mol. The van der Waals surface area contributed by atoms with Crippen molar-refractivity contribution < 1.29 is 14.3 Å². The summed E-state index contributed by atoms with van der Waals surface area (Å²) in [4.78, 5) is 19.6. The number of carbonyl (C=O) groups is 1. The second-order valence-corrected chi connectivity index (χ2v) is 6.74. The van der Waals surface area contributed by atoms with Crippen LogP contribution in [0.25, 0.3) is 10.9 Å². The number of aromatic nitrogens is 2. The van der Waals surface area contributed by atoms with Gasteiger partial charge in [0.2, 0.25) is 5.79 Å². The first kappa shape index (κ1) is 17.3. The zero-order chi connectivity index (χ0) is 18.1. The second-order valence-electron chi connectivity index (χ2n) is 5.92. The van der Waals surface area contributed by atoms with E-state index in [1.54, 1.807) is 30.5 Å². The first-order valence-electron chi connectivity index (χ1n) is 8.02. The van der Waals surface area contributed by atoms with Gasteiger partial charge in [0.15, 0.2) is 0 Å². The molecule has 1 aliphatic heterocycles. The number of pyridine rings is 1. The van der Waals surface area contributed by atoms with Crippen LogP contribution in [-0.4, -0.2) is 35.6 Å². The molecule has 1 aromatic carbocycles. The molecule has 0 aliphatic carbocycles. The van der Waals surface area contributed by atoms with Crippen LogP contribution in [0.4, 0.5) is 0 Å². The van der Waals surface area contributed by atoms with Crippen LogP contribution in [0, 0.1) is 0 Å². The van der Waals surface area contributed by atoms with Crippen molar-refractivity contribution in [3.63, 3.8) is 0 Å². The SMILES string of the molecule is O=C(NCC1(c2ccc(Cl)cc2)OCCO1)c1cc2cc(Cl)ncc2[nH]1. The largest absolute Gasteiger partial charge is 0.349 e. The molecule has 0 atom stereocenters. The molecule has 6 nitrogen and oxygen atoms in total. The molecule has 2 N–H and O–H groups in total. The number of nitrogens with zero attached hydrogens (tertiary/aromatic N) is 1. The van der Waals surface area contributed by atoms with Gasteiger partial charge in [-0.3, -0.25) is 4.79 Å². The third-order valence-corrected chi connectivity index (χ3v) is 4.69. The average Bonchev–Trinajstić information content (AvgIpc) is 3.27. The molecule has 1 saturated heterocycles. The second kappa shape index (κ2) is 6.89. The Labute approximate surface area is 159 Å². The maximum absolute atomic E-state index is 12.6. The Balaban J connectivity index is 1.53. The van der Waals surface area contributed by atoms with Gasteiger partial charge in [-0.05, 0) is 24.3 Å². The predicted octanol–water partition coefficient (Wildman–Crippen LogP) is 3.50. The number of rotatable bonds is 4. The van der Waals surface area contributed by atoms with Crippen molar-refractivity contribution in [3.8, 4) is 0 Å². The molecule has 8 heteroatoms. The van der Waals surface area contributed by atoms with Crippen molar-refractivity contribution >= 4 is 40.0 Å². The van der Waals surface area contributed by atoms with E-state index in [2.05, 4.69) is 15.3 Å². The highest BCUT2D eigenvalue weighted by Gasteiger charge is 2.39. The van der Waals surface area contributed by atoms with Crippen molar-refractivity contribution in [2.75, 3.05) is 19.8 Å². The molecule has 0 saturated carbocycles. The van der Waals surface area contributed by atoms with Gasteiger partial charge in [-0.2, -0.15) is 0 Å². The normalized spacial score (nSPS) is 16.1. The standard InChI is InChI=1S/C18H15Cl2N3O3/c19-13-3-1-12(2-4-13)18(25-5-6-26-18)10-22-17(24)14-7-11-8-16(20)21-9-15(11)23-14/h1-4,7-9,23H,5-6,10H2,(H,22,24). The molecule has 1 fully saturated rings. The average molecular weight is 392 g/mol. The minimum Gasteiger partial charge on any atom is -0.349 e. The number of carbonyl (C=O) groups excluding carboxylic acids is 1. The lowest BCUT2D eigenvalue weighted by atomic mass is 10.1. The number of halogens is 2. The van der Waals surface area contributed by atoms with Gasteiger partial charge in [-0.1, -0.05) is 35.3 Å². The highest BCUT2D eigenvalue weighted by Crippen LogP contribution is 2.31. The van der Waals surface area contributed by atoms with E-state index in [1.165, 1.54) is 0 Å². The highest BCUT2D eigenvalue weighted by atomic mass is 35.5. The maximum atomic E-state index is 12.6. The number of H-pyrrole nitrogens is 1. The van der Waals surface area contributed by atoms with Gasteiger partial charge in [0.25, 0.3) is 5.91 Å². The zero-order valence-electron chi connectivity index (χ0n) is 13.6. The first-order chi connectivity index (χ1) is 12.6. The lowest BCUT2D eigenvalue weighted by Crippen LogP contribution is -2.41. The van der Waals surface area contributed by atoms with Crippen LogP contribution in [0.1, 0.15) is 16.1 Å².